The van der Waals surface area contributed by atoms with Gasteiger partial charge < -0.3 is 5.11 Å². The topological polar surface area (TPSA) is 32.6 Å². The van der Waals surface area contributed by atoms with E-state index in [2.05, 4.69) is 18.0 Å². The van der Waals surface area contributed by atoms with Crippen LogP contribution in [0.5, 0.6) is 0 Å². The van der Waals surface area contributed by atoms with Gasteiger partial charge in [0.25, 0.3) is 0 Å². The zero-order valence-electron chi connectivity index (χ0n) is 8.57. The Morgan fingerprint density at radius 2 is 2.29 bits per heavy atom. The predicted molar refractivity (Wildman–Crippen MR) is 61.3 cm³/mol. The third kappa shape index (κ3) is 1.73. The van der Waals surface area contributed by atoms with Gasteiger partial charge in [-0.15, -0.1) is 12.4 Å². The monoisotopic (exact) mass is 215 g/mol. The molecule has 2 aliphatic rings. The van der Waals surface area contributed by atoms with E-state index in [4.69, 9.17) is 0 Å². The van der Waals surface area contributed by atoms with E-state index in [0.29, 0.717) is 0 Å². The number of hydrogen-bond donors (Lipinski definition) is 1. The lowest BCUT2D eigenvalue weighted by molar-refractivity contribution is 0.0883. The number of rotatable bonds is 0. The van der Waals surface area contributed by atoms with Crippen LogP contribution in [0.25, 0.3) is 0 Å². The Morgan fingerprint density at radius 3 is 2.93 bits per heavy atom. The average molecular weight is 216 g/mol. The molecule has 80 valence electrons. The summed E-state index contributed by atoms with van der Waals surface area (Å²) >= 11 is 0. The van der Waals surface area contributed by atoms with E-state index in [0.717, 1.165) is 37.9 Å². The van der Waals surface area contributed by atoms with Crippen LogP contribution in [0.3, 0.4) is 0 Å². The fraction of sp³-hybridized carbons (Fsp3) is 0.727. The van der Waals surface area contributed by atoms with Crippen molar-refractivity contribution in [1.29, 1.82) is 0 Å². The lowest BCUT2D eigenvalue weighted by atomic mass is 9.67. The van der Waals surface area contributed by atoms with Gasteiger partial charge in [-0.25, -0.2) is 0 Å². The van der Waals surface area contributed by atoms with Gasteiger partial charge in [-0.2, -0.15) is 0 Å². The Bertz CT molecular complexity index is 262. The first kappa shape index (κ1) is 11.7. The number of nitrogens with zero attached hydrogens (tertiary/aromatic N) is 1. The highest BCUT2D eigenvalue weighted by Crippen LogP contribution is 2.40. The Labute approximate surface area is 91.5 Å². The van der Waals surface area contributed by atoms with E-state index < -0.39 is 0 Å². The lowest BCUT2D eigenvalue weighted by Crippen LogP contribution is -2.43. The number of aliphatic hydroxyl groups is 1. The van der Waals surface area contributed by atoms with Crippen molar-refractivity contribution in [2.24, 2.45) is 10.4 Å². The van der Waals surface area contributed by atoms with E-state index in [9.17, 15) is 5.11 Å². The summed E-state index contributed by atoms with van der Waals surface area (Å²) in [7, 11) is 0. The Morgan fingerprint density at radius 1 is 1.50 bits per heavy atom. The molecule has 0 aromatic heterocycles. The summed E-state index contributed by atoms with van der Waals surface area (Å²) in [5.41, 5.74) is 1.16. The molecule has 1 aliphatic carbocycles. The van der Waals surface area contributed by atoms with Crippen LogP contribution in [0, 0.1) is 5.41 Å². The Kier molecular flexibility index (Phi) is 3.73. The van der Waals surface area contributed by atoms with Crippen molar-refractivity contribution in [3.05, 3.63) is 12.2 Å². The molecular formula is C11H18ClNO. The molecule has 1 spiro atoms. The zero-order chi connectivity index (χ0) is 9.31. The van der Waals surface area contributed by atoms with Gasteiger partial charge in [-0.3, -0.25) is 4.99 Å². The maximum absolute atomic E-state index is 9.99. The van der Waals surface area contributed by atoms with E-state index in [1.807, 2.05) is 6.08 Å². The molecule has 2 rings (SSSR count). The second kappa shape index (κ2) is 4.45. The molecule has 1 heterocycles. The molecule has 0 saturated heterocycles. The van der Waals surface area contributed by atoms with E-state index in [-0.39, 0.29) is 23.9 Å². The first-order valence-corrected chi connectivity index (χ1v) is 5.12. The van der Waals surface area contributed by atoms with Gasteiger partial charge in [0.1, 0.15) is 0 Å². The van der Waals surface area contributed by atoms with Crippen LogP contribution in [0.2, 0.25) is 0 Å². The predicted octanol–water partition coefficient (Wildman–Crippen LogP) is 2.36. The van der Waals surface area contributed by atoms with Crippen LogP contribution in [0.4, 0.5) is 0 Å². The Hall–Kier alpha value is -0.340. The maximum Gasteiger partial charge on any atom is 0.0829 e. The summed E-state index contributed by atoms with van der Waals surface area (Å²) in [4.78, 5) is 4.48. The van der Waals surface area contributed by atoms with Crippen LogP contribution in [0.15, 0.2) is 17.1 Å². The summed E-state index contributed by atoms with van der Waals surface area (Å²) in [5.74, 6) is 0. The number of allylic oxidation sites excluding steroid dienone is 1. The molecule has 2 atom stereocenters. The SMILES string of the molecule is CC1=NCCC[C@@]12CCC=C[C@@H]2O.Cl. The molecule has 0 fully saturated rings. The van der Waals surface area contributed by atoms with Crippen molar-refractivity contribution >= 4 is 18.1 Å². The van der Waals surface area contributed by atoms with Crippen molar-refractivity contribution in [3.63, 3.8) is 0 Å². The van der Waals surface area contributed by atoms with Crippen molar-refractivity contribution in [2.75, 3.05) is 6.54 Å². The van der Waals surface area contributed by atoms with Gasteiger partial charge in [0, 0.05) is 17.7 Å². The summed E-state index contributed by atoms with van der Waals surface area (Å²) in [5, 5.41) is 9.99. The normalized spacial score (nSPS) is 36.4. The standard InChI is InChI=1S/C11H17NO.ClH/c1-9-11(7-4-8-12-9)6-3-2-5-10(11)13;/h2,5,10,13H,3-4,6-8H2,1H3;1H/t10-,11-;/m0./s1. The van der Waals surface area contributed by atoms with Crippen LogP contribution in [0.1, 0.15) is 32.6 Å². The molecule has 0 aromatic carbocycles. The van der Waals surface area contributed by atoms with Gasteiger partial charge in [-0.1, -0.05) is 12.2 Å². The molecular weight excluding hydrogens is 198 g/mol. The molecule has 0 unspecified atom stereocenters. The fourth-order valence-corrected chi connectivity index (χ4v) is 2.55. The zero-order valence-corrected chi connectivity index (χ0v) is 9.39. The summed E-state index contributed by atoms with van der Waals surface area (Å²) in [6.07, 6.45) is 8.11. The minimum atomic E-state index is -0.301. The van der Waals surface area contributed by atoms with Crippen molar-refractivity contribution in [3.8, 4) is 0 Å². The highest BCUT2D eigenvalue weighted by molar-refractivity contribution is 5.89. The van der Waals surface area contributed by atoms with Crippen LogP contribution in [-0.2, 0) is 0 Å². The second-order valence-corrected chi connectivity index (χ2v) is 4.14. The minimum Gasteiger partial charge on any atom is -0.388 e. The quantitative estimate of drug-likeness (QED) is 0.619. The first-order chi connectivity index (χ1) is 6.26. The molecule has 2 nitrogen and oxygen atoms in total. The highest BCUT2D eigenvalue weighted by Gasteiger charge is 2.41. The smallest absolute Gasteiger partial charge is 0.0829 e. The summed E-state index contributed by atoms with van der Waals surface area (Å²) in [6.45, 7) is 3.02. The van der Waals surface area contributed by atoms with Crippen LogP contribution >= 0.6 is 12.4 Å². The highest BCUT2D eigenvalue weighted by atomic mass is 35.5. The molecule has 1 aliphatic heterocycles. The summed E-state index contributed by atoms with van der Waals surface area (Å²) in [6, 6.07) is 0. The van der Waals surface area contributed by atoms with Gasteiger partial charge in [0.05, 0.1) is 6.10 Å². The third-order valence-electron chi connectivity index (χ3n) is 3.49. The molecule has 3 heteroatoms. The minimum absolute atomic E-state index is 0. The molecule has 0 amide bonds. The number of aliphatic hydroxyl groups excluding tert-OH is 1. The Balaban J connectivity index is 0.000000980. The van der Waals surface area contributed by atoms with Gasteiger partial charge in [-0.05, 0) is 32.6 Å². The number of hydrogen-bond acceptors (Lipinski definition) is 2. The molecule has 0 aromatic rings. The molecule has 1 N–H and O–H groups in total. The second-order valence-electron chi connectivity index (χ2n) is 4.14. The fourth-order valence-electron chi connectivity index (χ4n) is 2.55. The van der Waals surface area contributed by atoms with E-state index in [1.54, 1.807) is 0 Å². The molecule has 0 saturated carbocycles. The molecule has 0 radical (unpaired) electrons. The van der Waals surface area contributed by atoms with Crippen molar-refractivity contribution < 1.29 is 5.11 Å². The average Bonchev–Trinajstić information content (AvgIpc) is 2.15. The van der Waals surface area contributed by atoms with Crippen LogP contribution < -0.4 is 0 Å². The number of halogens is 1. The van der Waals surface area contributed by atoms with Gasteiger partial charge in [0.2, 0.25) is 0 Å². The van der Waals surface area contributed by atoms with E-state index in [1.165, 1.54) is 0 Å². The number of aliphatic imine (C=N–C) groups is 1. The van der Waals surface area contributed by atoms with Crippen LogP contribution in [-0.4, -0.2) is 23.5 Å². The largest absolute Gasteiger partial charge is 0.388 e. The third-order valence-corrected chi connectivity index (χ3v) is 3.49. The maximum atomic E-state index is 9.99. The first-order valence-electron chi connectivity index (χ1n) is 5.12. The van der Waals surface area contributed by atoms with Gasteiger partial charge in [0.15, 0.2) is 0 Å². The van der Waals surface area contributed by atoms with Crippen molar-refractivity contribution in [1.82, 2.24) is 0 Å². The van der Waals surface area contributed by atoms with E-state index >= 15 is 0 Å². The van der Waals surface area contributed by atoms with Gasteiger partial charge >= 0.3 is 0 Å². The summed E-state index contributed by atoms with van der Waals surface area (Å²) < 4.78 is 0. The molecule has 14 heavy (non-hydrogen) atoms. The molecule has 0 bridgehead atoms. The van der Waals surface area contributed by atoms with Crippen molar-refractivity contribution in [2.45, 2.75) is 38.7 Å². The lowest BCUT2D eigenvalue weighted by Gasteiger charge is -2.41.